The molecule has 0 saturated carbocycles. The first-order valence-electron chi connectivity index (χ1n) is 7.61. The number of hydrogen-bond acceptors (Lipinski definition) is 6. The standard InChI is InChI=1S/C15H23N5O2/c1-5-22-13(21)7-6-12-11(4)19-15-17-9-18-20(15)14(12)16-8-10(2)3/h9-10,16H,5-8H2,1-4H3. The van der Waals surface area contributed by atoms with Gasteiger partial charge in [-0.1, -0.05) is 13.8 Å². The first kappa shape index (κ1) is 16.2. The van der Waals surface area contributed by atoms with Crippen molar-refractivity contribution in [3.05, 3.63) is 17.6 Å². The fourth-order valence-electron chi connectivity index (χ4n) is 2.23. The highest BCUT2D eigenvalue weighted by Crippen LogP contribution is 2.21. The van der Waals surface area contributed by atoms with E-state index < -0.39 is 0 Å². The second kappa shape index (κ2) is 7.20. The van der Waals surface area contributed by atoms with E-state index in [2.05, 4.69) is 34.2 Å². The predicted molar refractivity (Wildman–Crippen MR) is 83.8 cm³/mol. The largest absolute Gasteiger partial charge is 0.466 e. The molecule has 2 aromatic rings. The van der Waals surface area contributed by atoms with Crippen LogP contribution in [0.2, 0.25) is 0 Å². The maximum atomic E-state index is 11.6. The summed E-state index contributed by atoms with van der Waals surface area (Å²) in [4.78, 5) is 20.2. The number of ether oxygens (including phenoxy) is 1. The number of carbonyl (C=O) groups is 1. The smallest absolute Gasteiger partial charge is 0.306 e. The number of aromatic nitrogens is 4. The van der Waals surface area contributed by atoms with Gasteiger partial charge >= 0.3 is 5.97 Å². The Morgan fingerprint density at radius 2 is 2.23 bits per heavy atom. The molecule has 2 aromatic heterocycles. The van der Waals surface area contributed by atoms with Crippen molar-refractivity contribution in [3.63, 3.8) is 0 Å². The van der Waals surface area contributed by atoms with Gasteiger partial charge in [-0.05, 0) is 26.2 Å². The van der Waals surface area contributed by atoms with Crippen molar-refractivity contribution in [1.82, 2.24) is 19.6 Å². The quantitative estimate of drug-likeness (QED) is 0.788. The van der Waals surface area contributed by atoms with Gasteiger partial charge in [0.05, 0.1) is 6.61 Å². The van der Waals surface area contributed by atoms with Gasteiger partial charge in [-0.15, -0.1) is 0 Å². The maximum absolute atomic E-state index is 11.6. The van der Waals surface area contributed by atoms with Crippen molar-refractivity contribution in [2.24, 2.45) is 5.92 Å². The monoisotopic (exact) mass is 305 g/mol. The van der Waals surface area contributed by atoms with Crippen molar-refractivity contribution in [2.75, 3.05) is 18.5 Å². The van der Waals surface area contributed by atoms with Crippen molar-refractivity contribution in [2.45, 2.75) is 40.5 Å². The molecule has 1 N–H and O–H groups in total. The van der Waals surface area contributed by atoms with Crippen molar-refractivity contribution in [1.29, 1.82) is 0 Å². The van der Waals surface area contributed by atoms with Crippen LogP contribution in [0, 0.1) is 12.8 Å². The molecular formula is C15H23N5O2. The molecule has 0 aliphatic carbocycles. The van der Waals surface area contributed by atoms with E-state index in [4.69, 9.17) is 4.74 Å². The van der Waals surface area contributed by atoms with Crippen molar-refractivity contribution >= 4 is 17.6 Å². The molecule has 0 amide bonds. The predicted octanol–water partition coefficient (Wildman–Crippen LogP) is 2.00. The molecule has 0 aromatic carbocycles. The van der Waals surface area contributed by atoms with E-state index in [1.165, 1.54) is 6.33 Å². The van der Waals surface area contributed by atoms with Crippen LogP contribution in [0.25, 0.3) is 5.78 Å². The molecule has 0 bridgehead atoms. The Kier molecular flexibility index (Phi) is 5.30. The highest BCUT2D eigenvalue weighted by Gasteiger charge is 2.16. The minimum atomic E-state index is -0.199. The van der Waals surface area contributed by atoms with Crippen LogP contribution in [0.1, 0.15) is 38.4 Å². The number of aryl methyl sites for hydroxylation is 1. The van der Waals surface area contributed by atoms with Crippen LogP contribution in [0.3, 0.4) is 0 Å². The Labute approximate surface area is 130 Å². The molecule has 7 nitrogen and oxygen atoms in total. The van der Waals surface area contributed by atoms with Crippen LogP contribution in [0.4, 0.5) is 5.82 Å². The Morgan fingerprint density at radius 3 is 2.91 bits per heavy atom. The number of nitrogens with zero attached hydrogens (tertiary/aromatic N) is 4. The minimum Gasteiger partial charge on any atom is -0.466 e. The van der Waals surface area contributed by atoms with E-state index in [0.29, 0.717) is 31.1 Å². The van der Waals surface area contributed by atoms with Crippen LogP contribution < -0.4 is 5.32 Å². The fourth-order valence-corrected chi connectivity index (χ4v) is 2.23. The SMILES string of the molecule is CCOC(=O)CCc1c(C)nc2ncnn2c1NCC(C)C. The average Bonchev–Trinajstić information content (AvgIpc) is 2.91. The maximum Gasteiger partial charge on any atom is 0.306 e. The van der Waals surface area contributed by atoms with Gasteiger partial charge in [0.25, 0.3) is 5.78 Å². The molecule has 0 saturated heterocycles. The van der Waals surface area contributed by atoms with E-state index in [1.807, 2.05) is 13.8 Å². The summed E-state index contributed by atoms with van der Waals surface area (Å²) >= 11 is 0. The normalized spacial score (nSPS) is 11.1. The number of anilines is 1. The lowest BCUT2D eigenvalue weighted by Gasteiger charge is -2.16. The summed E-state index contributed by atoms with van der Waals surface area (Å²) in [7, 11) is 0. The molecule has 120 valence electrons. The molecule has 0 aliphatic heterocycles. The van der Waals surface area contributed by atoms with Gasteiger partial charge in [0, 0.05) is 24.2 Å². The van der Waals surface area contributed by atoms with Crippen LogP contribution in [-0.4, -0.2) is 38.7 Å². The first-order valence-corrected chi connectivity index (χ1v) is 7.61. The Morgan fingerprint density at radius 1 is 1.45 bits per heavy atom. The third-order valence-electron chi connectivity index (χ3n) is 3.29. The summed E-state index contributed by atoms with van der Waals surface area (Å²) in [6.45, 7) is 9.22. The van der Waals surface area contributed by atoms with E-state index >= 15 is 0 Å². The topological polar surface area (TPSA) is 81.4 Å². The van der Waals surface area contributed by atoms with Gasteiger partial charge < -0.3 is 10.1 Å². The molecule has 2 rings (SSSR count). The molecule has 0 radical (unpaired) electrons. The fraction of sp³-hybridized carbons (Fsp3) is 0.600. The molecule has 0 atom stereocenters. The molecule has 0 unspecified atom stereocenters. The van der Waals surface area contributed by atoms with Gasteiger partial charge in [-0.2, -0.15) is 14.6 Å². The summed E-state index contributed by atoms with van der Waals surface area (Å²) in [6, 6.07) is 0. The summed E-state index contributed by atoms with van der Waals surface area (Å²) < 4.78 is 6.69. The summed E-state index contributed by atoms with van der Waals surface area (Å²) in [6.07, 6.45) is 2.37. The van der Waals surface area contributed by atoms with Crippen LogP contribution in [0.5, 0.6) is 0 Å². The molecule has 2 heterocycles. The zero-order valence-corrected chi connectivity index (χ0v) is 13.6. The third kappa shape index (κ3) is 3.72. The summed E-state index contributed by atoms with van der Waals surface area (Å²) in [5.74, 6) is 1.71. The van der Waals surface area contributed by atoms with Gasteiger partial charge in [0.1, 0.15) is 12.1 Å². The number of hydrogen-bond donors (Lipinski definition) is 1. The van der Waals surface area contributed by atoms with Crippen molar-refractivity contribution < 1.29 is 9.53 Å². The number of esters is 1. The average molecular weight is 305 g/mol. The zero-order chi connectivity index (χ0) is 16.1. The number of rotatable bonds is 7. The molecule has 0 aliphatic rings. The third-order valence-corrected chi connectivity index (χ3v) is 3.29. The second-order valence-electron chi connectivity index (χ2n) is 5.58. The lowest BCUT2D eigenvalue weighted by atomic mass is 10.1. The Balaban J connectivity index is 2.30. The minimum absolute atomic E-state index is 0.199. The first-order chi connectivity index (χ1) is 10.5. The number of nitrogens with one attached hydrogen (secondary N) is 1. The van der Waals surface area contributed by atoms with Crippen molar-refractivity contribution in [3.8, 4) is 0 Å². The summed E-state index contributed by atoms with van der Waals surface area (Å²) in [5.41, 5.74) is 1.84. The lowest BCUT2D eigenvalue weighted by molar-refractivity contribution is -0.143. The lowest BCUT2D eigenvalue weighted by Crippen LogP contribution is -2.16. The highest BCUT2D eigenvalue weighted by atomic mass is 16.5. The summed E-state index contributed by atoms with van der Waals surface area (Å²) in [5, 5.41) is 7.63. The Bertz CT molecular complexity index is 651. The van der Waals surface area contributed by atoms with Crippen LogP contribution in [-0.2, 0) is 16.0 Å². The van der Waals surface area contributed by atoms with E-state index in [0.717, 1.165) is 23.6 Å². The van der Waals surface area contributed by atoms with Gasteiger partial charge in [0.2, 0.25) is 0 Å². The molecule has 22 heavy (non-hydrogen) atoms. The van der Waals surface area contributed by atoms with Crippen LogP contribution in [0.15, 0.2) is 6.33 Å². The molecular weight excluding hydrogens is 282 g/mol. The number of carbonyl (C=O) groups excluding carboxylic acids is 1. The number of fused-ring (bicyclic) bond motifs is 1. The van der Waals surface area contributed by atoms with Gasteiger partial charge in [0.15, 0.2) is 0 Å². The van der Waals surface area contributed by atoms with E-state index in [1.54, 1.807) is 4.52 Å². The highest BCUT2D eigenvalue weighted by molar-refractivity contribution is 5.70. The van der Waals surface area contributed by atoms with E-state index in [9.17, 15) is 4.79 Å². The second-order valence-corrected chi connectivity index (χ2v) is 5.58. The molecule has 7 heteroatoms. The van der Waals surface area contributed by atoms with Gasteiger partial charge in [-0.3, -0.25) is 4.79 Å². The molecule has 0 fully saturated rings. The van der Waals surface area contributed by atoms with Crippen LogP contribution >= 0.6 is 0 Å². The molecule has 0 spiro atoms. The Hall–Kier alpha value is -2.18. The van der Waals surface area contributed by atoms with Gasteiger partial charge in [-0.25, -0.2) is 4.98 Å². The van der Waals surface area contributed by atoms with E-state index in [-0.39, 0.29) is 5.97 Å². The zero-order valence-electron chi connectivity index (χ0n) is 13.6.